The van der Waals surface area contributed by atoms with Crippen LogP contribution in [0.15, 0.2) is 71.7 Å². The van der Waals surface area contributed by atoms with Gasteiger partial charge in [-0.1, -0.05) is 37.3 Å². The summed E-state index contributed by atoms with van der Waals surface area (Å²) >= 11 is 0. The number of hydrogen-bond acceptors (Lipinski definition) is 6. The first-order valence-electron chi connectivity index (χ1n) is 12.3. The number of H-pyrrole nitrogens is 1. The van der Waals surface area contributed by atoms with E-state index in [0.29, 0.717) is 23.9 Å². The smallest absolute Gasteiger partial charge is 0.292 e. The van der Waals surface area contributed by atoms with Gasteiger partial charge in [-0.05, 0) is 36.4 Å². The van der Waals surface area contributed by atoms with Gasteiger partial charge in [0.1, 0.15) is 11.7 Å². The number of rotatable bonds is 4. The molecule has 7 rings (SSSR count). The van der Waals surface area contributed by atoms with Crippen molar-refractivity contribution in [3.63, 3.8) is 0 Å². The number of amides is 1. The second-order valence-electron chi connectivity index (χ2n) is 9.64. The zero-order valence-electron chi connectivity index (χ0n) is 19.8. The SMILES string of the molecule is C[C@H]1CN(C(=O)c2oc(-c3ccccn3)nc2C2CC2)[C@@H](c2cc3ccccc3cn2)c2[nH]cnc21. The first-order valence-corrected chi connectivity index (χ1v) is 12.3. The van der Waals surface area contributed by atoms with Crippen molar-refractivity contribution in [3.8, 4) is 11.6 Å². The normalized spacial score (nSPS) is 19.4. The van der Waals surface area contributed by atoms with E-state index in [0.717, 1.165) is 46.4 Å². The average molecular weight is 477 g/mol. The van der Waals surface area contributed by atoms with Crippen LogP contribution in [0.1, 0.15) is 71.0 Å². The van der Waals surface area contributed by atoms with Gasteiger partial charge in [0.15, 0.2) is 0 Å². The number of nitrogens with one attached hydrogen (secondary N) is 1. The molecule has 1 saturated carbocycles. The molecule has 5 heterocycles. The summed E-state index contributed by atoms with van der Waals surface area (Å²) in [6.45, 7) is 2.59. The Hall–Kier alpha value is -4.33. The summed E-state index contributed by atoms with van der Waals surface area (Å²) in [5.41, 5.74) is 4.00. The number of nitrogens with zero attached hydrogens (tertiary/aromatic N) is 5. The Bertz CT molecular complexity index is 1590. The van der Waals surface area contributed by atoms with Crippen LogP contribution in [-0.2, 0) is 0 Å². The monoisotopic (exact) mass is 476 g/mol. The van der Waals surface area contributed by atoms with Crippen LogP contribution in [0, 0.1) is 0 Å². The number of pyridine rings is 2. The number of oxazole rings is 1. The summed E-state index contributed by atoms with van der Waals surface area (Å²) in [5, 5.41) is 2.13. The lowest BCUT2D eigenvalue weighted by molar-refractivity contribution is 0.0636. The number of hydrogen-bond donors (Lipinski definition) is 1. The van der Waals surface area contributed by atoms with Crippen molar-refractivity contribution in [2.45, 2.75) is 37.6 Å². The highest BCUT2D eigenvalue weighted by molar-refractivity contribution is 5.94. The summed E-state index contributed by atoms with van der Waals surface area (Å²) in [5.74, 6) is 0.813. The molecule has 0 saturated heterocycles. The third kappa shape index (κ3) is 3.40. The molecule has 0 spiro atoms. The van der Waals surface area contributed by atoms with E-state index < -0.39 is 6.04 Å². The number of aromatic amines is 1. The van der Waals surface area contributed by atoms with Gasteiger partial charge in [0.25, 0.3) is 5.91 Å². The van der Waals surface area contributed by atoms with Crippen LogP contribution in [-0.4, -0.2) is 42.3 Å². The molecular weight excluding hydrogens is 452 g/mol. The van der Waals surface area contributed by atoms with E-state index in [4.69, 9.17) is 14.4 Å². The van der Waals surface area contributed by atoms with Gasteiger partial charge in [0.2, 0.25) is 11.7 Å². The average Bonchev–Trinajstić information content (AvgIpc) is 3.46. The van der Waals surface area contributed by atoms with Gasteiger partial charge in [-0.25, -0.2) is 9.97 Å². The van der Waals surface area contributed by atoms with Gasteiger partial charge in [-0.15, -0.1) is 0 Å². The number of benzene rings is 1. The summed E-state index contributed by atoms with van der Waals surface area (Å²) in [4.78, 5) is 37.9. The zero-order valence-corrected chi connectivity index (χ0v) is 19.8. The number of carbonyl (C=O) groups is 1. The van der Waals surface area contributed by atoms with E-state index >= 15 is 0 Å². The van der Waals surface area contributed by atoms with Crippen LogP contribution < -0.4 is 0 Å². The van der Waals surface area contributed by atoms with Crippen molar-refractivity contribution in [2.75, 3.05) is 6.54 Å². The zero-order chi connectivity index (χ0) is 24.2. The van der Waals surface area contributed by atoms with Crippen LogP contribution >= 0.6 is 0 Å². The molecule has 178 valence electrons. The van der Waals surface area contributed by atoms with Gasteiger partial charge < -0.3 is 14.3 Å². The largest absolute Gasteiger partial charge is 0.429 e. The predicted molar refractivity (Wildman–Crippen MR) is 133 cm³/mol. The van der Waals surface area contributed by atoms with E-state index in [9.17, 15) is 4.79 Å². The molecule has 0 bridgehead atoms. The molecule has 1 N–H and O–H groups in total. The van der Waals surface area contributed by atoms with E-state index in [1.165, 1.54) is 0 Å². The molecule has 5 aromatic rings. The minimum atomic E-state index is -0.411. The summed E-state index contributed by atoms with van der Waals surface area (Å²) < 4.78 is 6.17. The fourth-order valence-electron chi connectivity index (χ4n) is 5.18. The van der Waals surface area contributed by atoms with Crippen LogP contribution in [0.5, 0.6) is 0 Å². The molecule has 1 aliphatic heterocycles. The molecule has 0 radical (unpaired) electrons. The predicted octanol–water partition coefficient (Wildman–Crippen LogP) is 5.23. The van der Waals surface area contributed by atoms with Gasteiger partial charge in [0, 0.05) is 36.2 Å². The maximum atomic E-state index is 14.2. The first kappa shape index (κ1) is 21.0. The molecule has 8 heteroatoms. The molecule has 0 unspecified atom stereocenters. The van der Waals surface area contributed by atoms with Crippen LogP contribution in [0.2, 0.25) is 0 Å². The Balaban J connectivity index is 1.35. The quantitative estimate of drug-likeness (QED) is 0.381. The van der Waals surface area contributed by atoms with Crippen molar-refractivity contribution in [3.05, 3.63) is 95.8 Å². The van der Waals surface area contributed by atoms with Crippen LogP contribution in [0.3, 0.4) is 0 Å². The molecule has 1 aliphatic carbocycles. The van der Waals surface area contributed by atoms with Gasteiger partial charge >= 0.3 is 0 Å². The molecule has 2 atom stereocenters. The van der Waals surface area contributed by atoms with Crippen molar-refractivity contribution >= 4 is 16.7 Å². The standard InChI is InChI=1S/C28H24N6O2/c1-16-14-34(28(35)26-23(17-9-10-17)33-27(36-26)20-8-4-5-11-29-20)25(24-22(16)31-15-32-24)21-12-18-6-2-3-7-19(18)13-30-21/h2-8,11-13,15-17,25H,9-10,14H2,1H3,(H,31,32)/t16-,25-/m0/s1. The Labute approximate surface area is 207 Å². The maximum Gasteiger partial charge on any atom is 0.292 e. The molecular formula is C28H24N6O2. The van der Waals surface area contributed by atoms with Crippen molar-refractivity contribution in [1.29, 1.82) is 0 Å². The second-order valence-corrected chi connectivity index (χ2v) is 9.64. The van der Waals surface area contributed by atoms with Gasteiger partial charge in [0.05, 0.1) is 29.1 Å². The Morgan fingerprint density at radius 2 is 1.86 bits per heavy atom. The van der Waals surface area contributed by atoms with E-state index in [1.54, 1.807) is 12.5 Å². The molecule has 4 aromatic heterocycles. The van der Waals surface area contributed by atoms with Crippen molar-refractivity contribution < 1.29 is 9.21 Å². The number of aromatic nitrogens is 5. The Kier molecular flexibility index (Phi) is 4.73. The topological polar surface area (TPSA) is 101 Å². The second kappa shape index (κ2) is 8.12. The number of fused-ring (bicyclic) bond motifs is 2. The minimum Gasteiger partial charge on any atom is -0.429 e. The number of imidazole rings is 1. The molecule has 1 fully saturated rings. The molecule has 1 amide bonds. The number of carbonyl (C=O) groups excluding carboxylic acids is 1. The lowest BCUT2D eigenvalue weighted by atomic mass is 9.92. The molecule has 1 aromatic carbocycles. The highest BCUT2D eigenvalue weighted by Gasteiger charge is 2.42. The third-order valence-corrected chi connectivity index (χ3v) is 7.11. The van der Waals surface area contributed by atoms with Gasteiger partial charge in [-0.2, -0.15) is 0 Å². The Morgan fingerprint density at radius 3 is 2.67 bits per heavy atom. The molecule has 2 aliphatic rings. The van der Waals surface area contributed by atoms with Gasteiger partial charge in [-0.3, -0.25) is 14.8 Å². The summed E-state index contributed by atoms with van der Waals surface area (Å²) in [6.07, 6.45) is 7.28. The maximum absolute atomic E-state index is 14.2. The van der Waals surface area contributed by atoms with Crippen molar-refractivity contribution in [2.24, 2.45) is 0 Å². The van der Waals surface area contributed by atoms with Crippen LogP contribution in [0.25, 0.3) is 22.4 Å². The molecule has 8 nitrogen and oxygen atoms in total. The van der Waals surface area contributed by atoms with Crippen molar-refractivity contribution in [1.82, 2.24) is 29.8 Å². The molecule has 36 heavy (non-hydrogen) atoms. The van der Waals surface area contributed by atoms with E-state index in [2.05, 4.69) is 34.0 Å². The minimum absolute atomic E-state index is 0.0643. The van der Waals surface area contributed by atoms with E-state index in [-0.39, 0.29) is 17.7 Å². The highest BCUT2D eigenvalue weighted by Crippen LogP contribution is 2.44. The lowest BCUT2D eigenvalue weighted by Crippen LogP contribution is -2.42. The van der Waals surface area contributed by atoms with Crippen LogP contribution in [0.4, 0.5) is 0 Å². The lowest BCUT2D eigenvalue weighted by Gasteiger charge is -2.37. The Morgan fingerprint density at radius 1 is 1.03 bits per heavy atom. The summed E-state index contributed by atoms with van der Waals surface area (Å²) in [6, 6.07) is 15.3. The summed E-state index contributed by atoms with van der Waals surface area (Å²) in [7, 11) is 0. The fraction of sp³-hybridized carbons (Fsp3) is 0.250. The fourth-order valence-corrected chi connectivity index (χ4v) is 5.18. The van der Waals surface area contributed by atoms with E-state index in [1.807, 2.05) is 47.5 Å². The third-order valence-electron chi connectivity index (χ3n) is 7.11. The first-order chi connectivity index (χ1) is 17.7. The highest BCUT2D eigenvalue weighted by atomic mass is 16.4.